The van der Waals surface area contributed by atoms with Gasteiger partial charge in [-0.3, -0.25) is 4.79 Å². The lowest BCUT2D eigenvalue weighted by Gasteiger charge is -2.22. The van der Waals surface area contributed by atoms with Crippen LogP contribution in [-0.4, -0.2) is 19.0 Å². The molecule has 2 aliphatic rings. The molecule has 0 spiro atoms. The summed E-state index contributed by atoms with van der Waals surface area (Å²) in [7, 11) is 0. The van der Waals surface area contributed by atoms with E-state index in [1.54, 1.807) is 0 Å². The molecule has 20 heavy (non-hydrogen) atoms. The van der Waals surface area contributed by atoms with Gasteiger partial charge in [0.1, 0.15) is 0 Å². The molecule has 3 heteroatoms. The molecule has 1 aromatic rings. The predicted octanol–water partition coefficient (Wildman–Crippen LogP) is 2.89. The van der Waals surface area contributed by atoms with Gasteiger partial charge in [-0.25, -0.2) is 0 Å². The molecule has 0 aromatic heterocycles. The summed E-state index contributed by atoms with van der Waals surface area (Å²) in [4.78, 5) is 12.0. The van der Waals surface area contributed by atoms with Gasteiger partial charge >= 0.3 is 0 Å². The number of nitrogens with one attached hydrogen (secondary N) is 2. The van der Waals surface area contributed by atoms with Crippen LogP contribution in [0.1, 0.15) is 43.2 Å². The minimum Gasteiger partial charge on any atom is -0.326 e. The van der Waals surface area contributed by atoms with Crippen LogP contribution < -0.4 is 10.6 Å². The second-order valence-corrected chi connectivity index (χ2v) is 6.12. The van der Waals surface area contributed by atoms with Gasteiger partial charge in [-0.05, 0) is 80.8 Å². The minimum absolute atomic E-state index is 0.168. The van der Waals surface area contributed by atoms with E-state index in [0.717, 1.165) is 37.5 Å². The summed E-state index contributed by atoms with van der Waals surface area (Å²) in [6.07, 6.45) is 7.72. The van der Waals surface area contributed by atoms with Crippen LogP contribution in [-0.2, 0) is 17.6 Å². The molecule has 0 bridgehead atoms. The SMILES string of the molecule is O=C(CCC1CCNCC1)Nc1ccc2c(c1)CCC2. The Morgan fingerprint density at radius 2 is 2.00 bits per heavy atom. The maximum Gasteiger partial charge on any atom is 0.224 e. The van der Waals surface area contributed by atoms with E-state index in [9.17, 15) is 4.79 Å². The van der Waals surface area contributed by atoms with Crippen molar-refractivity contribution in [3.05, 3.63) is 29.3 Å². The molecule has 0 unspecified atom stereocenters. The fraction of sp³-hybridized carbons (Fsp3) is 0.588. The standard InChI is InChI=1S/C17H24N2O/c20-17(7-4-13-8-10-18-11-9-13)19-16-6-5-14-2-1-3-15(14)12-16/h5-6,12-13,18H,1-4,7-11H2,(H,19,20). The van der Waals surface area contributed by atoms with Gasteiger partial charge in [0.05, 0.1) is 0 Å². The van der Waals surface area contributed by atoms with Crippen LogP contribution in [0.4, 0.5) is 5.69 Å². The van der Waals surface area contributed by atoms with E-state index in [4.69, 9.17) is 0 Å². The molecule has 1 saturated heterocycles. The normalized spacial score (nSPS) is 18.8. The smallest absolute Gasteiger partial charge is 0.224 e. The lowest BCUT2D eigenvalue weighted by molar-refractivity contribution is -0.116. The molecule has 0 atom stereocenters. The Kier molecular flexibility index (Phi) is 4.36. The molecule has 1 aliphatic carbocycles. The topological polar surface area (TPSA) is 41.1 Å². The highest BCUT2D eigenvalue weighted by atomic mass is 16.1. The number of amides is 1. The van der Waals surface area contributed by atoms with Gasteiger partial charge in [0, 0.05) is 12.1 Å². The second kappa shape index (κ2) is 6.40. The zero-order valence-electron chi connectivity index (χ0n) is 12.1. The summed E-state index contributed by atoms with van der Waals surface area (Å²) in [5.74, 6) is 0.892. The Hall–Kier alpha value is -1.35. The van der Waals surface area contributed by atoms with Gasteiger partial charge in [-0.2, -0.15) is 0 Å². The summed E-state index contributed by atoms with van der Waals surface area (Å²) in [6.45, 7) is 2.22. The van der Waals surface area contributed by atoms with E-state index in [1.165, 1.54) is 36.8 Å². The third kappa shape index (κ3) is 3.40. The summed E-state index contributed by atoms with van der Waals surface area (Å²) in [5.41, 5.74) is 3.85. The van der Waals surface area contributed by atoms with Crippen LogP contribution in [0.5, 0.6) is 0 Å². The fourth-order valence-electron chi connectivity index (χ4n) is 3.38. The number of aryl methyl sites for hydroxylation is 2. The zero-order chi connectivity index (χ0) is 13.8. The van der Waals surface area contributed by atoms with Gasteiger partial charge in [0.25, 0.3) is 0 Å². The third-order valence-corrected chi connectivity index (χ3v) is 4.62. The van der Waals surface area contributed by atoms with Gasteiger partial charge in [-0.1, -0.05) is 6.07 Å². The molecule has 0 saturated carbocycles. The Balaban J connectivity index is 1.48. The fourth-order valence-corrected chi connectivity index (χ4v) is 3.38. The number of carbonyl (C=O) groups is 1. The molecular formula is C17H24N2O. The van der Waals surface area contributed by atoms with Crippen LogP contribution in [0.3, 0.4) is 0 Å². The van der Waals surface area contributed by atoms with Gasteiger partial charge in [0.15, 0.2) is 0 Å². The number of carbonyl (C=O) groups excluding carboxylic acids is 1. The highest BCUT2D eigenvalue weighted by Crippen LogP contribution is 2.25. The minimum atomic E-state index is 0.168. The van der Waals surface area contributed by atoms with Crippen molar-refractivity contribution in [1.82, 2.24) is 5.32 Å². The predicted molar refractivity (Wildman–Crippen MR) is 81.9 cm³/mol. The first kappa shape index (κ1) is 13.6. The molecule has 3 rings (SSSR count). The molecule has 2 N–H and O–H groups in total. The zero-order valence-corrected chi connectivity index (χ0v) is 12.1. The Morgan fingerprint density at radius 3 is 2.85 bits per heavy atom. The largest absolute Gasteiger partial charge is 0.326 e. The number of hydrogen-bond donors (Lipinski definition) is 2. The average Bonchev–Trinajstić information content (AvgIpc) is 2.94. The number of fused-ring (bicyclic) bond motifs is 1. The maximum atomic E-state index is 12.0. The van der Waals surface area contributed by atoms with Crippen molar-refractivity contribution in [2.75, 3.05) is 18.4 Å². The van der Waals surface area contributed by atoms with Crippen molar-refractivity contribution in [1.29, 1.82) is 0 Å². The van der Waals surface area contributed by atoms with E-state index in [0.29, 0.717) is 6.42 Å². The van der Waals surface area contributed by atoms with Crippen molar-refractivity contribution in [2.24, 2.45) is 5.92 Å². The van der Waals surface area contributed by atoms with E-state index in [2.05, 4.69) is 22.8 Å². The van der Waals surface area contributed by atoms with Crippen LogP contribution in [0, 0.1) is 5.92 Å². The Morgan fingerprint density at radius 1 is 1.20 bits per heavy atom. The second-order valence-electron chi connectivity index (χ2n) is 6.12. The molecule has 1 fully saturated rings. The molecule has 1 aromatic carbocycles. The number of rotatable bonds is 4. The lowest BCUT2D eigenvalue weighted by Crippen LogP contribution is -2.28. The van der Waals surface area contributed by atoms with Crippen molar-refractivity contribution < 1.29 is 4.79 Å². The quantitative estimate of drug-likeness (QED) is 0.885. The van der Waals surface area contributed by atoms with E-state index >= 15 is 0 Å². The van der Waals surface area contributed by atoms with Gasteiger partial charge in [-0.15, -0.1) is 0 Å². The van der Waals surface area contributed by atoms with E-state index in [-0.39, 0.29) is 5.91 Å². The summed E-state index contributed by atoms with van der Waals surface area (Å²) >= 11 is 0. The maximum absolute atomic E-state index is 12.0. The number of anilines is 1. The van der Waals surface area contributed by atoms with E-state index in [1.807, 2.05) is 6.07 Å². The van der Waals surface area contributed by atoms with Gasteiger partial charge < -0.3 is 10.6 Å². The van der Waals surface area contributed by atoms with Crippen LogP contribution in [0.15, 0.2) is 18.2 Å². The first-order valence-electron chi connectivity index (χ1n) is 7.93. The van der Waals surface area contributed by atoms with Crippen molar-refractivity contribution >= 4 is 11.6 Å². The Bertz CT molecular complexity index is 478. The number of piperidine rings is 1. The molecule has 0 radical (unpaired) electrons. The average molecular weight is 272 g/mol. The summed E-state index contributed by atoms with van der Waals surface area (Å²) < 4.78 is 0. The highest BCUT2D eigenvalue weighted by Gasteiger charge is 2.15. The highest BCUT2D eigenvalue weighted by molar-refractivity contribution is 5.90. The first-order valence-corrected chi connectivity index (χ1v) is 7.93. The molecular weight excluding hydrogens is 248 g/mol. The van der Waals surface area contributed by atoms with Crippen molar-refractivity contribution in [3.63, 3.8) is 0 Å². The summed E-state index contributed by atoms with van der Waals surface area (Å²) in [5, 5.41) is 6.42. The summed E-state index contributed by atoms with van der Waals surface area (Å²) in [6, 6.07) is 6.38. The number of hydrogen-bond acceptors (Lipinski definition) is 2. The van der Waals surface area contributed by atoms with Crippen LogP contribution in [0.2, 0.25) is 0 Å². The molecule has 1 heterocycles. The number of benzene rings is 1. The monoisotopic (exact) mass is 272 g/mol. The molecule has 3 nitrogen and oxygen atoms in total. The van der Waals surface area contributed by atoms with Crippen LogP contribution in [0.25, 0.3) is 0 Å². The van der Waals surface area contributed by atoms with Crippen molar-refractivity contribution in [2.45, 2.75) is 44.9 Å². The van der Waals surface area contributed by atoms with Crippen LogP contribution >= 0.6 is 0 Å². The van der Waals surface area contributed by atoms with Gasteiger partial charge in [0.2, 0.25) is 5.91 Å². The lowest BCUT2D eigenvalue weighted by atomic mass is 9.93. The molecule has 1 amide bonds. The Labute approximate surface area is 121 Å². The third-order valence-electron chi connectivity index (χ3n) is 4.62. The van der Waals surface area contributed by atoms with E-state index < -0.39 is 0 Å². The molecule has 1 aliphatic heterocycles. The first-order chi connectivity index (χ1) is 9.81. The molecule has 108 valence electrons. The van der Waals surface area contributed by atoms with Crippen molar-refractivity contribution in [3.8, 4) is 0 Å².